The Morgan fingerprint density at radius 2 is 1.56 bits per heavy atom. The van der Waals surface area contributed by atoms with Crippen molar-refractivity contribution in [1.29, 1.82) is 0 Å². The number of benzene rings is 3. The van der Waals surface area contributed by atoms with Gasteiger partial charge in [0.1, 0.15) is 6.04 Å². The monoisotopic (exact) mass is 538 g/mol. The topological polar surface area (TPSA) is 49.4 Å². The van der Waals surface area contributed by atoms with Crippen LogP contribution in [0.5, 0.6) is 0 Å². The van der Waals surface area contributed by atoms with Gasteiger partial charge in [-0.3, -0.25) is 9.59 Å². The Kier molecular flexibility index (Phi) is 10.2. The van der Waals surface area contributed by atoms with Gasteiger partial charge >= 0.3 is 0 Å². The highest BCUT2D eigenvalue weighted by Gasteiger charge is 2.30. The standard InChI is InChI=1S/C28H31BrN2O2S/c1-21(2)30-28(33)26(19-22-10-5-3-6-11-22)31(20-23-12-9-13-24(29)18-23)27(32)16-17-34-25-14-7-4-8-15-25/h3-15,18,21,26H,16-17,19-20H2,1-2H3,(H,30,33)/t26-/m1/s1. The van der Waals surface area contributed by atoms with E-state index in [0.29, 0.717) is 25.1 Å². The fraction of sp³-hybridized carbons (Fsp3) is 0.286. The number of nitrogens with zero attached hydrogens (tertiary/aromatic N) is 1. The van der Waals surface area contributed by atoms with Gasteiger partial charge in [-0.15, -0.1) is 11.8 Å². The molecule has 2 amide bonds. The second-order valence-corrected chi connectivity index (χ2v) is 10.5. The summed E-state index contributed by atoms with van der Waals surface area (Å²) in [5.41, 5.74) is 2.01. The third-order valence-corrected chi connectivity index (χ3v) is 6.78. The van der Waals surface area contributed by atoms with Crippen LogP contribution in [-0.4, -0.2) is 34.6 Å². The van der Waals surface area contributed by atoms with Crippen LogP contribution in [0, 0.1) is 0 Å². The third-order valence-electron chi connectivity index (χ3n) is 5.27. The molecule has 6 heteroatoms. The predicted molar refractivity (Wildman–Crippen MR) is 144 cm³/mol. The first-order valence-electron chi connectivity index (χ1n) is 11.5. The van der Waals surface area contributed by atoms with Gasteiger partial charge in [0.15, 0.2) is 0 Å². The number of thioether (sulfide) groups is 1. The van der Waals surface area contributed by atoms with E-state index in [4.69, 9.17) is 0 Å². The molecule has 0 radical (unpaired) electrons. The minimum atomic E-state index is -0.599. The van der Waals surface area contributed by atoms with E-state index in [2.05, 4.69) is 21.2 Å². The zero-order chi connectivity index (χ0) is 24.3. The van der Waals surface area contributed by atoms with E-state index in [1.807, 2.05) is 98.8 Å². The number of halogens is 1. The SMILES string of the molecule is CC(C)NC(=O)[C@@H](Cc1ccccc1)N(Cc1cccc(Br)c1)C(=O)CCSc1ccccc1. The molecule has 0 aliphatic rings. The third kappa shape index (κ3) is 8.33. The quantitative estimate of drug-likeness (QED) is 0.300. The molecule has 4 nitrogen and oxygen atoms in total. The van der Waals surface area contributed by atoms with E-state index < -0.39 is 6.04 Å². The Hall–Kier alpha value is -2.57. The van der Waals surface area contributed by atoms with Gasteiger partial charge in [-0.1, -0.05) is 76.6 Å². The van der Waals surface area contributed by atoms with Crippen LogP contribution in [0.2, 0.25) is 0 Å². The molecule has 1 atom stereocenters. The normalized spacial score (nSPS) is 11.8. The lowest BCUT2D eigenvalue weighted by molar-refractivity contribution is -0.141. The molecule has 0 bridgehead atoms. The van der Waals surface area contributed by atoms with Crippen LogP contribution in [0.15, 0.2) is 94.3 Å². The number of amides is 2. The predicted octanol–water partition coefficient (Wildman–Crippen LogP) is 6.10. The van der Waals surface area contributed by atoms with E-state index >= 15 is 0 Å². The molecule has 3 aromatic rings. The average Bonchev–Trinajstić information content (AvgIpc) is 2.82. The van der Waals surface area contributed by atoms with Gasteiger partial charge < -0.3 is 10.2 Å². The summed E-state index contributed by atoms with van der Waals surface area (Å²) in [7, 11) is 0. The molecule has 0 fully saturated rings. The summed E-state index contributed by atoms with van der Waals surface area (Å²) in [6.07, 6.45) is 0.818. The van der Waals surface area contributed by atoms with Crippen LogP contribution >= 0.6 is 27.7 Å². The van der Waals surface area contributed by atoms with Crippen LogP contribution in [0.4, 0.5) is 0 Å². The van der Waals surface area contributed by atoms with Gasteiger partial charge in [0.05, 0.1) is 0 Å². The molecule has 0 aliphatic carbocycles. The lowest BCUT2D eigenvalue weighted by atomic mass is 10.0. The minimum absolute atomic E-state index is 0.0118. The van der Waals surface area contributed by atoms with Gasteiger partial charge in [-0.05, 0) is 49.2 Å². The Labute approximate surface area is 215 Å². The summed E-state index contributed by atoms with van der Waals surface area (Å²) in [4.78, 5) is 29.8. The van der Waals surface area contributed by atoms with Crippen molar-refractivity contribution in [2.75, 3.05) is 5.75 Å². The number of carbonyl (C=O) groups is 2. The highest BCUT2D eigenvalue weighted by Crippen LogP contribution is 2.21. The summed E-state index contributed by atoms with van der Waals surface area (Å²) in [6.45, 7) is 4.25. The number of nitrogens with one attached hydrogen (secondary N) is 1. The molecule has 178 valence electrons. The van der Waals surface area contributed by atoms with Crippen molar-refractivity contribution in [1.82, 2.24) is 10.2 Å². The van der Waals surface area contributed by atoms with Crippen molar-refractivity contribution in [2.24, 2.45) is 0 Å². The molecule has 0 heterocycles. The van der Waals surface area contributed by atoms with Crippen molar-refractivity contribution in [3.8, 4) is 0 Å². The largest absolute Gasteiger partial charge is 0.352 e. The van der Waals surface area contributed by atoms with Gasteiger partial charge in [0.2, 0.25) is 11.8 Å². The van der Waals surface area contributed by atoms with Crippen molar-refractivity contribution in [2.45, 2.75) is 50.2 Å². The van der Waals surface area contributed by atoms with Gasteiger partial charge in [-0.2, -0.15) is 0 Å². The lowest BCUT2D eigenvalue weighted by Crippen LogP contribution is -2.51. The number of hydrogen-bond acceptors (Lipinski definition) is 3. The molecule has 3 aromatic carbocycles. The molecule has 0 unspecified atom stereocenters. The van der Waals surface area contributed by atoms with E-state index in [9.17, 15) is 9.59 Å². The number of hydrogen-bond donors (Lipinski definition) is 1. The number of rotatable bonds is 11. The molecule has 3 rings (SSSR count). The molecule has 34 heavy (non-hydrogen) atoms. The summed E-state index contributed by atoms with van der Waals surface area (Å²) >= 11 is 5.18. The lowest BCUT2D eigenvalue weighted by Gasteiger charge is -2.32. The van der Waals surface area contributed by atoms with Gasteiger partial charge in [-0.25, -0.2) is 0 Å². The van der Waals surface area contributed by atoms with Gasteiger partial charge in [0, 0.05) is 40.5 Å². The summed E-state index contributed by atoms with van der Waals surface area (Å²) in [5.74, 6) is 0.503. The Bertz CT molecular complexity index is 1060. The zero-order valence-corrected chi connectivity index (χ0v) is 22.0. The zero-order valence-electron chi connectivity index (χ0n) is 19.6. The smallest absolute Gasteiger partial charge is 0.243 e. The maximum atomic E-state index is 13.6. The second-order valence-electron chi connectivity index (χ2n) is 8.43. The molecule has 0 aromatic heterocycles. The molecule has 0 aliphatic heterocycles. The molecule has 0 saturated carbocycles. The molecule has 0 spiro atoms. The fourth-order valence-electron chi connectivity index (χ4n) is 3.68. The van der Waals surface area contributed by atoms with Crippen LogP contribution in [0.1, 0.15) is 31.4 Å². The maximum Gasteiger partial charge on any atom is 0.243 e. The number of carbonyl (C=O) groups excluding carboxylic acids is 2. The Balaban J connectivity index is 1.85. The van der Waals surface area contributed by atoms with Crippen molar-refractivity contribution < 1.29 is 9.59 Å². The molecular weight excluding hydrogens is 508 g/mol. The molecule has 0 saturated heterocycles. The summed E-state index contributed by atoms with van der Waals surface area (Å²) < 4.78 is 0.947. The highest BCUT2D eigenvalue weighted by molar-refractivity contribution is 9.10. The van der Waals surface area contributed by atoms with Crippen LogP contribution < -0.4 is 5.32 Å². The Morgan fingerprint density at radius 1 is 0.912 bits per heavy atom. The second kappa shape index (κ2) is 13.4. The van der Waals surface area contributed by atoms with Crippen molar-refractivity contribution in [3.05, 3.63) is 101 Å². The highest BCUT2D eigenvalue weighted by atomic mass is 79.9. The van der Waals surface area contributed by atoms with Gasteiger partial charge in [0.25, 0.3) is 0 Å². The van der Waals surface area contributed by atoms with Crippen LogP contribution in [0.25, 0.3) is 0 Å². The van der Waals surface area contributed by atoms with Crippen LogP contribution in [-0.2, 0) is 22.6 Å². The average molecular weight is 540 g/mol. The first-order valence-corrected chi connectivity index (χ1v) is 13.3. The van der Waals surface area contributed by atoms with E-state index in [-0.39, 0.29) is 17.9 Å². The first kappa shape index (κ1) is 26.0. The molecular formula is C28H31BrN2O2S. The van der Waals surface area contributed by atoms with Crippen molar-refractivity contribution in [3.63, 3.8) is 0 Å². The van der Waals surface area contributed by atoms with E-state index in [1.54, 1.807) is 16.7 Å². The summed E-state index contributed by atoms with van der Waals surface area (Å²) in [6, 6.07) is 27.2. The fourth-order valence-corrected chi connectivity index (χ4v) is 4.99. The molecule has 1 N–H and O–H groups in total. The van der Waals surface area contributed by atoms with E-state index in [0.717, 1.165) is 20.5 Å². The summed E-state index contributed by atoms with van der Waals surface area (Å²) in [5, 5.41) is 3.03. The van der Waals surface area contributed by atoms with Crippen molar-refractivity contribution >= 4 is 39.5 Å². The van der Waals surface area contributed by atoms with E-state index in [1.165, 1.54) is 0 Å². The first-order chi connectivity index (χ1) is 16.4. The Morgan fingerprint density at radius 3 is 2.21 bits per heavy atom. The minimum Gasteiger partial charge on any atom is -0.352 e. The van der Waals surface area contributed by atoms with Crippen LogP contribution in [0.3, 0.4) is 0 Å². The maximum absolute atomic E-state index is 13.6.